The number of carbonyl (C=O) groups is 1. The summed E-state index contributed by atoms with van der Waals surface area (Å²) in [5.41, 5.74) is 5.50. The SMILES string of the molecule is CC(C)(C)OC(=O)N1CC(CCN2CC=C(c3c[nH]c4cc(Cl)ccc34)CC2)c2ccccc21. The molecule has 178 valence electrons. The average molecular weight is 478 g/mol. The van der Waals surface area contributed by atoms with Crippen LogP contribution in [0.5, 0.6) is 0 Å². The summed E-state index contributed by atoms with van der Waals surface area (Å²) in [6.07, 6.45) is 6.25. The van der Waals surface area contributed by atoms with Crippen LogP contribution in [0, 0.1) is 0 Å². The van der Waals surface area contributed by atoms with Crippen molar-refractivity contribution in [3.05, 3.63) is 70.9 Å². The first-order chi connectivity index (χ1) is 16.3. The number of aromatic nitrogens is 1. The van der Waals surface area contributed by atoms with E-state index in [-0.39, 0.29) is 6.09 Å². The number of hydrogen-bond acceptors (Lipinski definition) is 3. The molecule has 0 fully saturated rings. The van der Waals surface area contributed by atoms with Crippen LogP contribution in [0.3, 0.4) is 0 Å². The highest BCUT2D eigenvalue weighted by atomic mass is 35.5. The molecule has 0 aliphatic carbocycles. The molecule has 34 heavy (non-hydrogen) atoms. The number of para-hydroxylation sites is 1. The number of hydrogen-bond donors (Lipinski definition) is 1. The van der Waals surface area contributed by atoms with Gasteiger partial charge in [-0.1, -0.05) is 41.9 Å². The molecule has 1 atom stereocenters. The molecule has 1 N–H and O–H groups in total. The number of halogens is 1. The second-order valence-corrected chi connectivity index (χ2v) is 10.7. The smallest absolute Gasteiger partial charge is 0.414 e. The van der Waals surface area contributed by atoms with Crippen molar-refractivity contribution in [2.45, 2.75) is 45.1 Å². The van der Waals surface area contributed by atoms with Crippen molar-refractivity contribution in [3.63, 3.8) is 0 Å². The molecule has 3 aromatic rings. The Kier molecular flexibility index (Phi) is 6.17. The van der Waals surface area contributed by atoms with Crippen LogP contribution in [0.4, 0.5) is 10.5 Å². The maximum Gasteiger partial charge on any atom is 0.414 e. The molecule has 5 nitrogen and oxygen atoms in total. The van der Waals surface area contributed by atoms with Crippen molar-refractivity contribution in [1.29, 1.82) is 0 Å². The lowest BCUT2D eigenvalue weighted by molar-refractivity contribution is 0.0581. The lowest BCUT2D eigenvalue weighted by Crippen LogP contribution is -2.36. The third kappa shape index (κ3) is 4.73. The number of anilines is 1. The van der Waals surface area contributed by atoms with Gasteiger partial charge < -0.3 is 9.72 Å². The molecule has 1 unspecified atom stereocenters. The van der Waals surface area contributed by atoms with Crippen LogP contribution >= 0.6 is 11.6 Å². The minimum Gasteiger partial charge on any atom is -0.443 e. The number of ether oxygens (including phenoxy) is 1. The lowest BCUT2D eigenvalue weighted by Gasteiger charge is -2.27. The van der Waals surface area contributed by atoms with Gasteiger partial charge in [0, 0.05) is 53.2 Å². The maximum atomic E-state index is 12.8. The van der Waals surface area contributed by atoms with Crippen LogP contribution in [-0.4, -0.2) is 47.8 Å². The van der Waals surface area contributed by atoms with Crippen molar-refractivity contribution < 1.29 is 9.53 Å². The van der Waals surface area contributed by atoms with Crippen LogP contribution in [0.25, 0.3) is 16.5 Å². The number of rotatable bonds is 4. The number of amides is 1. The quantitative estimate of drug-likeness (QED) is 0.447. The summed E-state index contributed by atoms with van der Waals surface area (Å²) in [5.74, 6) is 0.326. The monoisotopic (exact) mass is 477 g/mol. The van der Waals surface area contributed by atoms with Gasteiger partial charge in [0.1, 0.15) is 5.60 Å². The fourth-order valence-electron chi connectivity index (χ4n) is 5.09. The molecule has 6 heteroatoms. The minimum absolute atomic E-state index is 0.256. The molecule has 5 rings (SSSR count). The van der Waals surface area contributed by atoms with Crippen LogP contribution < -0.4 is 4.90 Å². The van der Waals surface area contributed by atoms with Crippen molar-refractivity contribution in [2.75, 3.05) is 31.1 Å². The van der Waals surface area contributed by atoms with Gasteiger partial charge in [0.05, 0.1) is 5.69 Å². The second kappa shape index (κ2) is 9.12. The second-order valence-electron chi connectivity index (χ2n) is 10.3. The van der Waals surface area contributed by atoms with E-state index >= 15 is 0 Å². The Morgan fingerprint density at radius 2 is 2.03 bits per heavy atom. The molecule has 1 amide bonds. The van der Waals surface area contributed by atoms with Crippen LogP contribution in [-0.2, 0) is 4.74 Å². The number of benzene rings is 2. The number of nitrogens with zero attached hydrogens (tertiary/aromatic N) is 2. The van der Waals surface area contributed by atoms with Gasteiger partial charge in [0.15, 0.2) is 0 Å². The zero-order valence-electron chi connectivity index (χ0n) is 20.1. The maximum absolute atomic E-state index is 12.8. The molecule has 0 bridgehead atoms. The number of nitrogens with one attached hydrogen (secondary N) is 1. The normalized spacial score (nSPS) is 18.8. The van der Waals surface area contributed by atoms with E-state index < -0.39 is 5.60 Å². The van der Waals surface area contributed by atoms with Gasteiger partial charge in [0.25, 0.3) is 0 Å². The van der Waals surface area contributed by atoms with Gasteiger partial charge in [-0.15, -0.1) is 0 Å². The summed E-state index contributed by atoms with van der Waals surface area (Å²) in [7, 11) is 0. The topological polar surface area (TPSA) is 48.6 Å². The number of carbonyl (C=O) groups excluding carboxylic acids is 1. The van der Waals surface area contributed by atoms with Crippen molar-refractivity contribution in [2.24, 2.45) is 0 Å². The third-order valence-corrected chi connectivity index (χ3v) is 7.00. The summed E-state index contributed by atoms with van der Waals surface area (Å²) in [4.78, 5) is 20.5. The van der Waals surface area contributed by atoms with E-state index in [2.05, 4.69) is 40.4 Å². The predicted octanol–water partition coefficient (Wildman–Crippen LogP) is 6.84. The van der Waals surface area contributed by atoms with Crippen LogP contribution in [0.15, 0.2) is 54.7 Å². The zero-order chi connectivity index (χ0) is 23.9. The molecule has 3 heterocycles. The van der Waals surface area contributed by atoms with Crippen molar-refractivity contribution in [3.8, 4) is 0 Å². The van der Waals surface area contributed by atoms with E-state index in [9.17, 15) is 4.79 Å². The molecule has 0 saturated carbocycles. The molecule has 0 spiro atoms. The summed E-state index contributed by atoms with van der Waals surface area (Å²) >= 11 is 6.14. The van der Waals surface area contributed by atoms with E-state index in [1.807, 2.05) is 49.9 Å². The van der Waals surface area contributed by atoms with Gasteiger partial charge >= 0.3 is 6.09 Å². The molecule has 2 aromatic carbocycles. The Hall–Kier alpha value is -2.76. The minimum atomic E-state index is -0.501. The van der Waals surface area contributed by atoms with Gasteiger partial charge in [-0.2, -0.15) is 0 Å². The van der Waals surface area contributed by atoms with Crippen LogP contribution in [0.2, 0.25) is 5.02 Å². The first-order valence-electron chi connectivity index (χ1n) is 12.1. The van der Waals surface area contributed by atoms with Crippen molar-refractivity contribution >= 4 is 39.9 Å². The number of H-pyrrole nitrogens is 1. The Bertz CT molecular complexity index is 1240. The average Bonchev–Trinajstić information content (AvgIpc) is 3.38. The Morgan fingerprint density at radius 1 is 1.21 bits per heavy atom. The molecular formula is C28H32ClN3O2. The molecule has 1 aromatic heterocycles. The molecule has 0 saturated heterocycles. The molecular weight excluding hydrogens is 446 g/mol. The Balaban J connectivity index is 1.23. The van der Waals surface area contributed by atoms with E-state index in [1.54, 1.807) is 0 Å². The predicted molar refractivity (Wildman–Crippen MR) is 140 cm³/mol. The first kappa shape index (κ1) is 23.0. The number of aromatic amines is 1. The van der Waals surface area contributed by atoms with Gasteiger partial charge in [-0.25, -0.2) is 4.79 Å². The summed E-state index contributed by atoms with van der Waals surface area (Å²) in [5, 5.41) is 1.98. The Morgan fingerprint density at radius 3 is 2.79 bits per heavy atom. The Labute approximate surface area is 206 Å². The van der Waals surface area contributed by atoms with E-state index in [4.69, 9.17) is 16.3 Å². The van der Waals surface area contributed by atoms with Crippen LogP contribution in [0.1, 0.15) is 50.7 Å². The summed E-state index contributed by atoms with van der Waals surface area (Å²) in [6, 6.07) is 14.3. The highest BCUT2D eigenvalue weighted by molar-refractivity contribution is 6.31. The molecule has 2 aliphatic rings. The highest BCUT2D eigenvalue weighted by Gasteiger charge is 2.34. The largest absolute Gasteiger partial charge is 0.443 e. The van der Waals surface area contributed by atoms with E-state index in [0.29, 0.717) is 12.5 Å². The van der Waals surface area contributed by atoms with E-state index in [1.165, 1.54) is 22.1 Å². The standard InChI is InChI=1S/C28H32ClN3O2/c1-28(2,3)34-27(33)32-18-20(22-6-4-5-7-26(22)32)12-15-31-13-10-19(11-14-31)24-17-30-25-16-21(29)8-9-23(24)25/h4-10,16-17,20,30H,11-15,18H2,1-3H3. The van der Waals surface area contributed by atoms with Gasteiger partial charge in [-0.05, 0) is 69.5 Å². The summed E-state index contributed by atoms with van der Waals surface area (Å²) < 4.78 is 5.66. The van der Waals surface area contributed by atoms with Crippen molar-refractivity contribution in [1.82, 2.24) is 9.88 Å². The van der Waals surface area contributed by atoms with Gasteiger partial charge in [0.2, 0.25) is 0 Å². The third-order valence-electron chi connectivity index (χ3n) is 6.76. The first-order valence-corrected chi connectivity index (χ1v) is 12.4. The number of fused-ring (bicyclic) bond motifs is 2. The van der Waals surface area contributed by atoms with E-state index in [0.717, 1.165) is 48.7 Å². The fraction of sp³-hybridized carbons (Fsp3) is 0.393. The molecule has 0 radical (unpaired) electrons. The summed E-state index contributed by atoms with van der Waals surface area (Å²) in [6.45, 7) is 9.40. The molecule has 2 aliphatic heterocycles. The van der Waals surface area contributed by atoms with Gasteiger partial charge in [-0.3, -0.25) is 9.80 Å². The highest BCUT2D eigenvalue weighted by Crippen LogP contribution is 2.39. The zero-order valence-corrected chi connectivity index (χ0v) is 20.9. The lowest BCUT2D eigenvalue weighted by atomic mass is 9.96. The fourth-order valence-corrected chi connectivity index (χ4v) is 5.27.